The molecule has 0 aromatic heterocycles. The molecule has 1 unspecified atom stereocenters. The van der Waals surface area contributed by atoms with Gasteiger partial charge < -0.3 is 10.6 Å². The Hall–Kier alpha value is -2.40. The molecule has 2 aliphatic heterocycles. The van der Waals surface area contributed by atoms with E-state index in [0.29, 0.717) is 5.69 Å². The lowest BCUT2D eigenvalue weighted by Crippen LogP contribution is -2.49. The van der Waals surface area contributed by atoms with Crippen molar-refractivity contribution in [2.24, 2.45) is 0 Å². The predicted molar refractivity (Wildman–Crippen MR) is 102 cm³/mol. The number of hydrogen-bond acceptors (Lipinski definition) is 3. The molecule has 26 heavy (non-hydrogen) atoms. The summed E-state index contributed by atoms with van der Waals surface area (Å²) in [5.41, 5.74) is 2.71. The van der Waals surface area contributed by atoms with Crippen molar-refractivity contribution in [1.82, 2.24) is 4.90 Å². The third-order valence-electron chi connectivity index (χ3n) is 5.47. The van der Waals surface area contributed by atoms with Crippen LogP contribution >= 0.6 is 0 Å². The highest BCUT2D eigenvalue weighted by atomic mass is 19.1. The lowest BCUT2D eigenvalue weighted by molar-refractivity contribution is -0.121. The summed E-state index contributed by atoms with van der Waals surface area (Å²) in [7, 11) is 0. The molecule has 1 saturated heterocycles. The highest BCUT2D eigenvalue weighted by Crippen LogP contribution is 2.26. The number of rotatable bonds is 3. The number of nitrogens with zero attached hydrogens (tertiary/aromatic N) is 1. The van der Waals surface area contributed by atoms with Gasteiger partial charge in [0.1, 0.15) is 5.82 Å². The van der Waals surface area contributed by atoms with Crippen LogP contribution in [0.15, 0.2) is 48.5 Å². The van der Waals surface area contributed by atoms with Crippen LogP contribution in [0.2, 0.25) is 0 Å². The lowest BCUT2D eigenvalue weighted by atomic mass is 9.99. The van der Waals surface area contributed by atoms with E-state index in [9.17, 15) is 9.18 Å². The average Bonchev–Trinajstić information content (AvgIpc) is 2.82. The van der Waals surface area contributed by atoms with Crippen molar-refractivity contribution in [3.05, 3.63) is 59.9 Å². The number of piperidine rings is 1. The van der Waals surface area contributed by atoms with Gasteiger partial charge in [0, 0.05) is 24.8 Å². The second-order valence-electron chi connectivity index (χ2n) is 7.14. The molecule has 0 saturated carbocycles. The molecule has 0 radical (unpaired) electrons. The molecule has 0 spiro atoms. The number of hydrogen-bond donors (Lipinski definition) is 2. The van der Waals surface area contributed by atoms with Crippen molar-refractivity contribution in [3.8, 4) is 0 Å². The maximum Gasteiger partial charge on any atom is 0.241 e. The van der Waals surface area contributed by atoms with Crippen LogP contribution in [0.25, 0.3) is 0 Å². The van der Waals surface area contributed by atoms with E-state index in [2.05, 4.69) is 21.6 Å². The van der Waals surface area contributed by atoms with Crippen molar-refractivity contribution < 1.29 is 9.18 Å². The topological polar surface area (TPSA) is 44.4 Å². The van der Waals surface area contributed by atoms with Gasteiger partial charge in [0.05, 0.1) is 11.7 Å². The molecule has 2 heterocycles. The zero-order valence-electron chi connectivity index (χ0n) is 14.7. The molecule has 0 bridgehead atoms. The molecule has 1 amide bonds. The largest absolute Gasteiger partial charge is 0.380 e. The van der Waals surface area contributed by atoms with E-state index in [1.807, 2.05) is 24.3 Å². The zero-order valence-corrected chi connectivity index (χ0v) is 14.7. The summed E-state index contributed by atoms with van der Waals surface area (Å²) >= 11 is 0. The maximum absolute atomic E-state index is 13.8. The van der Waals surface area contributed by atoms with Crippen LogP contribution in [-0.4, -0.2) is 36.0 Å². The number of carbonyl (C=O) groups is 1. The Bertz CT molecular complexity index is 786. The van der Waals surface area contributed by atoms with E-state index in [4.69, 9.17) is 0 Å². The summed E-state index contributed by atoms with van der Waals surface area (Å²) in [4.78, 5) is 15.0. The first-order chi connectivity index (χ1) is 12.7. The minimum Gasteiger partial charge on any atom is -0.380 e. The molecule has 4 nitrogen and oxygen atoms in total. The number of halogens is 1. The fourth-order valence-corrected chi connectivity index (χ4v) is 4.00. The average molecular weight is 353 g/mol. The Morgan fingerprint density at radius 3 is 2.54 bits per heavy atom. The first-order valence-corrected chi connectivity index (χ1v) is 9.34. The van der Waals surface area contributed by atoms with Crippen molar-refractivity contribution in [3.63, 3.8) is 0 Å². The minimum atomic E-state index is -0.212. The third-order valence-corrected chi connectivity index (χ3v) is 5.47. The Morgan fingerprint density at radius 1 is 1.00 bits per heavy atom. The number of para-hydroxylation sites is 2. The standard InChI is InChI=1S/C21H24FN3O/c22-17-6-2-4-8-19(17)23-16-11-13-25(14-12-16)20-10-9-15-5-1-3-7-18(15)24-21(20)26/h1-8,16,20,23H,9-14H2,(H,24,26). The molecular formula is C21H24FN3O. The molecular weight excluding hydrogens is 329 g/mol. The van der Waals surface area contributed by atoms with Crippen LogP contribution in [0.3, 0.4) is 0 Å². The normalized spacial score (nSPS) is 21.6. The van der Waals surface area contributed by atoms with Gasteiger partial charge in [0.25, 0.3) is 0 Å². The summed E-state index contributed by atoms with van der Waals surface area (Å²) in [5.74, 6) is -0.119. The Labute approximate surface area is 153 Å². The molecule has 136 valence electrons. The van der Waals surface area contributed by atoms with Gasteiger partial charge in [0.2, 0.25) is 5.91 Å². The molecule has 5 heteroatoms. The second kappa shape index (κ2) is 7.46. The molecule has 4 rings (SSSR count). The van der Waals surface area contributed by atoms with E-state index in [1.54, 1.807) is 12.1 Å². The monoisotopic (exact) mass is 353 g/mol. The summed E-state index contributed by atoms with van der Waals surface area (Å²) in [5, 5.41) is 6.39. The molecule has 2 N–H and O–H groups in total. The molecule has 0 aliphatic carbocycles. The number of likely N-dealkylation sites (tertiary alicyclic amines) is 1. The first-order valence-electron chi connectivity index (χ1n) is 9.34. The Kier molecular flexibility index (Phi) is 4.89. The summed E-state index contributed by atoms with van der Waals surface area (Å²) in [6, 6.07) is 15.0. The van der Waals surface area contributed by atoms with Gasteiger partial charge in [-0.15, -0.1) is 0 Å². The minimum absolute atomic E-state index is 0.0863. The fourth-order valence-electron chi connectivity index (χ4n) is 4.00. The van der Waals surface area contributed by atoms with E-state index >= 15 is 0 Å². The second-order valence-corrected chi connectivity index (χ2v) is 7.14. The zero-order chi connectivity index (χ0) is 17.9. The number of carbonyl (C=O) groups excluding carboxylic acids is 1. The third kappa shape index (κ3) is 3.58. The maximum atomic E-state index is 13.8. The van der Waals surface area contributed by atoms with Crippen LogP contribution < -0.4 is 10.6 Å². The van der Waals surface area contributed by atoms with Crippen LogP contribution in [0.5, 0.6) is 0 Å². The van der Waals surface area contributed by atoms with Gasteiger partial charge in [-0.2, -0.15) is 0 Å². The van der Waals surface area contributed by atoms with Crippen molar-refractivity contribution in [1.29, 1.82) is 0 Å². The van der Waals surface area contributed by atoms with E-state index < -0.39 is 0 Å². The van der Waals surface area contributed by atoms with E-state index in [0.717, 1.165) is 44.5 Å². The number of benzene rings is 2. The van der Waals surface area contributed by atoms with Crippen LogP contribution in [0.4, 0.5) is 15.8 Å². The van der Waals surface area contributed by atoms with Crippen LogP contribution in [0, 0.1) is 5.82 Å². The molecule has 2 aliphatic rings. The molecule has 2 aromatic carbocycles. The fraction of sp³-hybridized carbons (Fsp3) is 0.381. The van der Waals surface area contributed by atoms with Crippen molar-refractivity contribution in [2.75, 3.05) is 23.7 Å². The number of amides is 1. The number of aryl methyl sites for hydroxylation is 1. The van der Waals surface area contributed by atoms with Crippen molar-refractivity contribution in [2.45, 2.75) is 37.8 Å². The van der Waals surface area contributed by atoms with Crippen LogP contribution in [-0.2, 0) is 11.2 Å². The molecule has 2 aromatic rings. The van der Waals surface area contributed by atoms with Crippen molar-refractivity contribution >= 4 is 17.3 Å². The van der Waals surface area contributed by atoms with Gasteiger partial charge in [-0.3, -0.25) is 9.69 Å². The van der Waals surface area contributed by atoms with Crippen LogP contribution in [0.1, 0.15) is 24.8 Å². The highest BCUT2D eigenvalue weighted by molar-refractivity contribution is 5.96. The summed E-state index contributed by atoms with van der Waals surface area (Å²) in [6.45, 7) is 1.70. The van der Waals surface area contributed by atoms with E-state index in [1.165, 1.54) is 11.6 Å². The predicted octanol–water partition coefficient (Wildman–Crippen LogP) is 3.66. The summed E-state index contributed by atoms with van der Waals surface area (Å²) < 4.78 is 13.8. The Balaban J connectivity index is 1.36. The SMILES string of the molecule is O=C1Nc2ccccc2CCC1N1CCC(Nc2ccccc2F)CC1. The number of fused-ring (bicyclic) bond motifs is 1. The molecule has 1 fully saturated rings. The number of anilines is 2. The van der Waals surface area contributed by atoms with Gasteiger partial charge in [-0.25, -0.2) is 4.39 Å². The van der Waals surface area contributed by atoms with E-state index in [-0.39, 0.29) is 23.8 Å². The van der Waals surface area contributed by atoms with Gasteiger partial charge in [0.15, 0.2) is 0 Å². The quantitative estimate of drug-likeness (QED) is 0.885. The lowest BCUT2D eigenvalue weighted by Gasteiger charge is -2.36. The molecule has 1 atom stereocenters. The smallest absolute Gasteiger partial charge is 0.241 e. The number of nitrogens with one attached hydrogen (secondary N) is 2. The Morgan fingerprint density at radius 2 is 1.73 bits per heavy atom. The van der Waals surface area contributed by atoms with Gasteiger partial charge in [-0.1, -0.05) is 30.3 Å². The first kappa shape index (κ1) is 17.0. The van der Waals surface area contributed by atoms with Gasteiger partial charge in [-0.05, 0) is 49.4 Å². The highest BCUT2D eigenvalue weighted by Gasteiger charge is 2.31. The summed E-state index contributed by atoms with van der Waals surface area (Å²) in [6.07, 6.45) is 3.57. The van der Waals surface area contributed by atoms with Gasteiger partial charge >= 0.3 is 0 Å².